The number of carbonyl (C=O) groups excluding carboxylic acids is 1. The van der Waals surface area contributed by atoms with Crippen molar-refractivity contribution in [3.05, 3.63) is 35.9 Å². The maximum Gasteiger partial charge on any atom is 0.536 e. The maximum absolute atomic E-state index is 10.9. The van der Waals surface area contributed by atoms with Crippen LogP contribution in [0.3, 0.4) is 0 Å². The van der Waals surface area contributed by atoms with Gasteiger partial charge in [-0.15, -0.1) is 0 Å². The van der Waals surface area contributed by atoms with Crippen molar-refractivity contribution in [1.29, 1.82) is 0 Å². The third-order valence-corrected chi connectivity index (χ3v) is 2.27. The Hall–Kier alpha value is -2.04. The van der Waals surface area contributed by atoms with E-state index in [9.17, 15) is 4.79 Å². The van der Waals surface area contributed by atoms with Crippen molar-refractivity contribution in [1.82, 2.24) is 0 Å². The third kappa shape index (κ3) is 2.75. The largest absolute Gasteiger partial charge is 0.536 e. The normalized spacial score (nSPS) is 17.8. The van der Waals surface area contributed by atoms with Gasteiger partial charge in [0.15, 0.2) is 5.60 Å². The quantitative estimate of drug-likeness (QED) is 0.583. The van der Waals surface area contributed by atoms with E-state index in [4.69, 9.17) is 9.47 Å². The zero-order chi connectivity index (χ0) is 12.3. The highest BCUT2D eigenvalue weighted by Gasteiger charge is 2.37. The summed E-state index contributed by atoms with van der Waals surface area (Å²) in [6.45, 7) is 3.73. The lowest BCUT2D eigenvalue weighted by atomic mass is 10.1. The number of carbonyl (C=O) groups is 1. The molecule has 5 nitrogen and oxygen atoms in total. The Morgan fingerprint density at radius 1 is 1.29 bits per heavy atom. The van der Waals surface area contributed by atoms with E-state index in [0.717, 1.165) is 5.56 Å². The monoisotopic (exact) mass is 235 g/mol. The first kappa shape index (κ1) is 11.4. The average molecular weight is 235 g/mol. The molecule has 0 atom stereocenters. The van der Waals surface area contributed by atoms with Crippen LogP contribution in [-0.2, 0) is 20.9 Å². The Kier molecular flexibility index (Phi) is 2.99. The van der Waals surface area contributed by atoms with Crippen LogP contribution >= 0.6 is 0 Å². The SMILES string of the molecule is CC1(C)OC(=O)ON=C1OCc1ccccc1. The Bertz CT molecular complexity index is 439. The van der Waals surface area contributed by atoms with Crippen LogP contribution in [0.4, 0.5) is 4.79 Å². The minimum Gasteiger partial charge on any atom is -0.471 e. The van der Waals surface area contributed by atoms with Crippen molar-refractivity contribution in [3.63, 3.8) is 0 Å². The molecule has 0 bridgehead atoms. The molecule has 0 N–H and O–H groups in total. The van der Waals surface area contributed by atoms with Gasteiger partial charge in [-0.1, -0.05) is 30.3 Å². The molecule has 0 spiro atoms. The Labute approximate surface area is 99.0 Å². The first-order valence-electron chi connectivity index (χ1n) is 5.23. The lowest BCUT2D eigenvalue weighted by Gasteiger charge is -2.27. The van der Waals surface area contributed by atoms with E-state index in [1.165, 1.54) is 0 Å². The number of oxime groups is 1. The van der Waals surface area contributed by atoms with Gasteiger partial charge in [0.25, 0.3) is 5.90 Å². The summed E-state index contributed by atoms with van der Waals surface area (Å²) in [5.41, 5.74) is 0.104. The first-order chi connectivity index (χ1) is 8.08. The third-order valence-electron chi connectivity index (χ3n) is 2.27. The second-order valence-corrected chi connectivity index (χ2v) is 4.12. The summed E-state index contributed by atoms with van der Waals surface area (Å²) >= 11 is 0. The summed E-state index contributed by atoms with van der Waals surface area (Å²) in [4.78, 5) is 15.3. The van der Waals surface area contributed by atoms with Gasteiger partial charge in [-0.2, -0.15) is 0 Å². The highest BCUT2D eigenvalue weighted by atomic mass is 16.8. The van der Waals surface area contributed by atoms with Crippen molar-refractivity contribution >= 4 is 12.1 Å². The fourth-order valence-corrected chi connectivity index (χ4v) is 1.39. The molecule has 1 aliphatic rings. The topological polar surface area (TPSA) is 57.1 Å². The van der Waals surface area contributed by atoms with Crippen LogP contribution in [0.1, 0.15) is 19.4 Å². The fraction of sp³-hybridized carbons (Fsp3) is 0.333. The van der Waals surface area contributed by atoms with Crippen LogP contribution in [0.2, 0.25) is 0 Å². The van der Waals surface area contributed by atoms with Gasteiger partial charge in [-0.3, -0.25) is 4.84 Å². The van der Waals surface area contributed by atoms with E-state index in [1.807, 2.05) is 30.3 Å². The van der Waals surface area contributed by atoms with Crippen molar-refractivity contribution in [2.24, 2.45) is 5.16 Å². The predicted molar refractivity (Wildman–Crippen MR) is 60.3 cm³/mol. The van der Waals surface area contributed by atoms with E-state index in [1.54, 1.807) is 13.8 Å². The van der Waals surface area contributed by atoms with Gasteiger partial charge >= 0.3 is 6.16 Å². The molecule has 0 amide bonds. The summed E-state index contributed by atoms with van der Waals surface area (Å²) in [7, 11) is 0. The average Bonchev–Trinajstić information content (AvgIpc) is 2.28. The van der Waals surface area contributed by atoms with Gasteiger partial charge in [-0.05, 0) is 24.6 Å². The zero-order valence-electron chi connectivity index (χ0n) is 9.67. The van der Waals surface area contributed by atoms with Crippen LogP contribution in [0.15, 0.2) is 35.5 Å². The van der Waals surface area contributed by atoms with E-state index < -0.39 is 11.8 Å². The number of rotatable bonds is 2. The Morgan fingerprint density at radius 2 is 2.00 bits per heavy atom. The van der Waals surface area contributed by atoms with Crippen LogP contribution in [0.25, 0.3) is 0 Å². The number of hydrogen-bond donors (Lipinski definition) is 0. The first-order valence-corrected chi connectivity index (χ1v) is 5.23. The van der Waals surface area contributed by atoms with Gasteiger partial charge < -0.3 is 9.47 Å². The molecule has 0 saturated heterocycles. The number of nitrogens with zero attached hydrogens (tertiary/aromatic N) is 1. The Balaban J connectivity index is 2.02. The van der Waals surface area contributed by atoms with Crippen LogP contribution in [-0.4, -0.2) is 17.7 Å². The van der Waals surface area contributed by atoms with Gasteiger partial charge in [0.1, 0.15) is 6.61 Å². The highest BCUT2D eigenvalue weighted by molar-refractivity contribution is 5.88. The number of hydrogen-bond acceptors (Lipinski definition) is 5. The summed E-state index contributed by atoms with van der Waals surface area (Å²) in [5.74, 6) is 0.251. The molecule has 2 rings (SSSR count). The van der Waals surface area contributed by atoms with Crippen molar-refractivity contribution in [2.45, 2.75) is 26.1 Å². The standard InChI is InChI=1S/C12H13NO4/c1-12(2)10(13-17-11(14)16-12)15-8-9-6-4-3-5-7-9/h3-7H,8H2,1-2H3. The van der Waals surface area contributed by atoms with Crippen LogP contribution in [0.5, 0.6) is 0 Å². The van der Waals surface area contributed by atoms with Crippen molar-refractivity contribution in [3.8, 4) is 0 Å². The number of benzene rings is 1. The van der Waals surface area contributed by atoms with E-state index in [0.29, 0.717) is 6.61 Å². The lowest BCUT2D eigenvalue weighted by Crippen LogP contribution is -2.42. The predicted octanol–water partition coefficient (Wildman–Crippen LogP) is 2.46. The molecule has 0 unspecified atom stereocenters. The molecule has 5 heteroatoms. The minimum atomic E-state index is -0.899. The van der Waals surface area contributed by atoms with Crippen molar-refractivity contribution in [2.75, 3.05) is 0 Å². The molecule has 0 saturated carbocycles. The van der Waals surface area contributed by atoms with Gasteiger partial charge in [0, 0.05) is 0 Å². The molecule has 1 aromatic rings. The van der Waals surface area contributed by atoms with Gasteiger partial charge in [0.05, 0.1) is 0 Å². The van der Waals surface area contributed by atoms with Crippen molar-refractivity contribution < 1.29 is 19.1 Å². The number of ether oxygens (including phenoxy) is 2. The second kappa shape index (κ2) is 4.45. The fourth-order valence-electron chi connectivity index (χ4n) is 1.39. The molecule has 0 fully saturated rings. The lowest BCUT2D eigenvalue weighted by molar-refractivity contribution is -0.0216. The van der Waals surface area contributed by atoms with E-state index in [2.05, 4.69) is 9.99 Å². The molecule has 1 heterocycles. The Morgan fingerprint density at radius 3 is 2.65 bits per heavy atom. The summed E-state index contributed by atoms with van der Waals surface area (Å²) in [6, 6.07) is 9.63. The molecular weight excluding hydrogens is 222 g/mol. The highest BCUT2D eigenvalue weighted by Crippen LogP contribution is 2.19. The summed E-state index contributed by atoms with van der Waals surface area (Å²) in [6.07, 6.45) is -0.818. The van der Waals surface area contributed by atoms with Gasteiger partial charge in [-0.25, -0.2) is 4.79 Å². The van der Waals surface area contributed by atoms with E-state index in [-0.39, 0.29) is 5.90 Å². The molecule has 1 aliphatic heterocycles. The number of cyclic esters (lactones) is 1. The summed E-state index contributed by atoms with van der Waals surface area (Å²) < 4.78 is 10.4. The van der Waals surface area contributed by atoms with E-state index >= 15 is 0 Å². The molecular formula is C12H13NO4. The van der Waals surface area contributed by atoms with Crippen LogP contribution < -0.4 is 0 Å². The molecule has 0 aromatic heterocycles. The second-order valence-electron chi connectivity index (χ2n) is 4.12. The minimum absolute atomic E-state index is 0.251. The van der Waals surface area contributed by atoms with Gasteiger partial charge in [0.2, 0.25) is 0 Å². The molecule has 0 aliphatic carbocycles. The molecule has 90 valence electrons. The smallest absolute Gasteiger partial charge is 0.471 e. The summed E-state index contributed by atoms with van der Waals surface area (Å²) in [5, 5.41) is 3.60. The molecule has 17 heavy (non-hydrogen) atoms. The molecule has 0 radical (unpaired) electrons. The zero-order valence-corrected chi connectivity index (χ0v) is 9.67. The molecule has 1 aromatic carbocycles. The maximum atomic E-state index is 10.9. The van der Waals surface area contributed by atoms with Crippen LogP contribution in [0, 0.1) is 0 Å².